The monoisotopic (exact) mass is 400 g/mol. The van der Waals surface area contributed by atoms with Crippen molar-refractivity contribution < 1.29 is 27.5 Å². The van der Waals surface area contributed by atoms with Crippen LogP contribution in [0.4, 0.5) is 18.9 Å². The summed E-state index contributed by atoms with van der Waals surface area (Å²) in [6.45, 7) is -1.37. The molecule has 5 nitrogen and oxygen atoms in total. The molecule has 0 aliphatic carbocycles. The summed E-state index contributed by atoms with van der Waals surface area (Å²) in [4.78, 5) is 23.9. The number of rotatable bonds is 6. The summed E-state index contributed by atoms with van der Waals surface area (Å²) in [6, 6.07) is 10.8. The molecule has 0 atom stereocenters. The standard InChI is InChI=1S/C18H16ClF3N2O3/c1-27-15-7-4-12(19)9-14(15)17(26)24-13-5-2-11(3-6-13)8-16(25)23-10-18(20,21)22/h2-7,9H,8,10H2,1H3,(H,23,25)(H,24,26). The molecule has 0 spiro atoms. The van der Waals surface area contributed by atoms with Gasteiger partial charge in [-0.25, -0.2) is 0 Å². The van der Waals surface area contributed by atoms with Crippen LogP contribution in [0.5, 0.6) is 5.75 Å². The lowest BCUT2D eigenvalue weighted by Gasteiger charge is -2.11. The van der Waals surface area contributed by atoms with E-state index in [0.717, 1.165) is 0 Å². The first-order chi connectivity index (χ1) is 12.7. The molecule has 27 heavy (non-hydrogen) atoms. The topological polar surface area (TPSA) is 67.4 Å². The van der Waals surface area contributed by atoms with Crippen LogP contribution < -0.4 is 15.4 Å². The van der Waals surface area contributed by atoms with E-state index in [4.69, 9.17) is 16.3 Å². The predicted molar refractivity (Wildman–Crippen MR) is 95.2 cm³/mol. The number of hydrogen-bond donors (Lipinski definition) is 2. The average Bonchev–Trinajstić information content (AvgIpc) is 2.61. The van der Waals surface area contributed by atoms with E-state index in [0.29, 0.717) is 22.0 Å². The fourth-order valence-corrected chi connectivity index (χ4v) is 2.38. The summed E-state index contributed by atoms with van der Waals surface area (Å²) in [5, 5.41) is 4.83. The number of carbonyl (C=O) groups excluding carboxylic acids is 2. The molecule has 0 aliphatic rings. The van der Waals surface area contributed by atoms with E-state index in [1.807, 2.05) is 0 Å². The SMILES string of the molecule is COc1ccc(Cl)cc1C(=O)Nc1ccc(CC(=O)NCC(F)(F)F)cc1. The van der Waals surface area contributed by atoms with Gasteiger partial charge in [-0.2, -0.15) is 13.2 Å². The Morgan fingerprint density at radius 2 is 1.78 bits per heavy atom. The molecule has 0 bridgehead atoms. The first-order valence-corrected chi connectivity index (χ1v) is 8.13. The molecule has 0 radical (unpaired) electrons. The number of carbonyl (C=O) groups is 2. The van der Waals surface area contributed by atoms with Crippen LogP contribution in [0, 0.1) is 0 Å². The van der Waals surface area contributed by atoms with Crippen LogP contribution in [0.2, 0.25) is 5.02 Å². The number of halogens is 4. The normalized spacial score (nSPS) is 11.0. The van der Waals surface area contributed by atoms with E-state index in [1.54, 1.807) is 29.6 Å². The fourth-order valence-electron chi connectivity index (χ4n) is 2.21. The van der Waals surface area contributed by atoms with Crippen molar-refractivity contribution in [2.75, 3.05) is 19.0 Å². The predicted octanol–water partition coefficient (Wildman–Crippen LogP) is 3.82. The zero-order chi connectivity index (χ0) is 20.0. The van der Waals surface area contributed by atoms with Crippen molar-refractivity contribution in [3.63, 3.8) is 0 Å². The van der Waals surface area contributed by atoms with Crippen molar-refractivity contribution in [3.05, 3.63) is 58.6 Å². The highest BCUT2D eigenvalue weighted by Gasteiger charge is 2.27. The summed E-state index contributed by atoms with van der Waals surface area (Å²) < 4.78 is 41.4. The Balaban J connectivity index is 1.98. The molecule has 2 N–H and O–H groups in total. The van der Waals surface area contributed by atoms with Gasteiger partial charge in [0, 0.05) is 10.7 Å². The summed E-state index contributed by atoms with van der Waals surface area (Å²) in [5.41, 5.74) is 1.20. The minimum absolute atomic E-state index is 0.202. The molecule has 2 amide bonds. The van der Waals surface area contributed by atoms with Gasteiger partial charge in [0.15, 0.2) is 0 Å². The number of benzene rings is 2. The molecular weight excluding hydrogens is 385 g/mol. The third-order valence-electron chi connectivity index (χ3n) is 3.47. The van der Waals surface area contributed by atoms with Crippen molar-refractivity contribution in [3.8, 4) is 5.75 Å². The lowest BCUT2D eigenvalue weighted by Crippen LogP contribution is -2.34. The molecule has 9 heteroatoms. The molecule has 0 fully saturated rings. The number of anilines is 1. The van der Waals surface area contributed by atoms with Crippen molar-refractivity contribution in [2.24, 2.45) is 0 Å². The Morgan fingerprint density at radius 1 is 1.11 bits per heavy atom. The van der Waals surface area contributed by atoms with Crippen LogP contribution in [0.1, 0.15) is 15.9 Å². The van der Waals surface area contributed by atoms with Gasteiger partial charge in [-0.3, -0.25) is 9.59 Å². The number of amides is 2. The molecule has 0 unspecified atom stereocenters. The second-order valence-corrected chi connectivity index (χ2v) is 6.00. The lowest BCUT2D eigenvalue weighted by atomic mass is 10.1. The average molecular weight is 401 g/mol. The second-order valence-electron chi connectivity index (χ2n) is 5.56. The minimum Gasteiger partial charge on any atom is -0.496 e. The van der Waals surface area contributed by atoms with E-state index in [9.17, 15) is 22.8 Å². The summed E-state index contributed by atoms with van der Waals surface area (Å²) in [7, 11) is 1.43. The molecule has 2 aromatic rings. The molecule has 2 rings (SSSR count). The maximum atomic E-state index is 12.4. The van der Waals surface area contributed by atoms with E-state index in [2.05, 4.69) is 5.32 Å². The van der Waals surface area contributed by atoms with E-state index in [1.165, 1.54) is 25.3 Å². The molecule has 2 aromatic carbocycles. The van der Waals surface area contributed by atoms with Crippen molar-refractivity contribution >= 4 is 29.1 Å². The van der Waals surface area contributed by atoms with Gasteiger partial charge in [-0.05, 0) is 35.9 Å². The maximum absolute atomic E-state index is 12.4. The van der Waals surface area contributed by atoms with E-state index < -0.39 is 24.5 Å². The van der Waals surface area contributed by atoms with Gasteiger partial charge in [0.2, 0.25) is 5.91 Å². The molecule has 0 saturated heterocycles. The molecule has 144 valence electrons. The van der Waals surface area contributed by atoms with Gasteiger partial charge in [0.05, 0.1) is 19.1 Å². The van der Waals surface area contributed by atoms with Crippen LogP contribution in [0.15, 0.2) is 42.5 Å². The van der Waals surface area contributed by atoms with Crippen LogP contribution in [-0.4, -0.2) is 31.6 Å². The fraction of sp³-hybridized carbons (Fsp3) is 0.222. The maximum Gasteiger partial charge on any atom is 0.405 e. The summed E-state index contributed by atoms with van der Waals surface area (Å²) in [6.07, 6.45) is -4.66. The Labute approximate surface area is 158 Å². The van der Waals surface area contributed by atoms with Gasteiger partial charge < -0.3 is 15.4 Å². The van der Waals surface area contributed by atoms with Crippen LogP contribution in [0.3, 0.4) is 0 Å². The molecule has 0 heterocycles. The third-order valence-corrected chi connectivity index (χ3v) is 3.70. The second kappa shape index (κ2) is 8.77. The molecule has 0 saturated carbocycles. The van der Waals surface area contributed by atoms with Crippen molar-refractivity contribution in [1.82, 2.24) is 5.32 Å². The molecular formula is C18H16ClF3N2O3. The Bertz CT molecular complexity index is 824. The smallest absolute Gasteiger partial charge is 0.405 e. The quantitative estimate of drug-likeness (QED) is 0.774. The highest BCUT2D eigenvalue weighted by Crippen LogP contribution is 2.24. The van der Waals surface area contributed by atoms with E-state index in [-0.39, 0.29) is 12.0 Å². The summed E-state index contributed by atoms with van der Waals surface area (Å²) in [5.74, 6) is -0.826. The Kier molecular flexibility index (Phi) is 6.68. The van der Waals surface area contributed by atoms with Gasteiger partial charge in [0.1, 0.15) is 12.3 Å². The number of hydrogen-bond acceptors (Lipinski definition) is 3. The first kappa shape index (κ1) is 20.6. The van der Waals surface area contributed by atoms with Gasteiger partial charge in [0.25, 0.3) is 5.91 Å². The van der Waals surface area contributed by atoms with E-state index >= 15 is 0 Å². The zero-order valence-corrected chi connectivity index (χ0v) is 14.9. The van der Waals surface area contributed by atoms with Gasteiger partial charge in [-0.15, -0.1) is 0 Å². The highest BCUT2D eigenvalue weighted by atomic mass is 35.5. The molecule has 0 aromatic heterocycles. The van der Waals surface area contributed by atoms with Crippen molar-refractivity contribution in [1.29, 1.82) is 0 Å². The largest absolute Gasteiger partial charge is 0.496 e. The Morgan fingerprint density at radius 3 is 2.37 bits per heavy atom. The lowest BCUT2D eigenvalue weighted by molar-refractivity contribution is -0.138. The van der Waals surface area contributed by atoms with Crippen LogP contribution >= 0.6 is 11.6 Å². The number of alkyl halides is 3. The van der Waals surface area contributed by atoms with Crippen molar-refractivity contribution in [2.45, 2.75) is 12.6 Å². The molecule has 0 aliphatic heterocycles. The van der Waals surface area contributed by atoms with Gasteiger partial charge in [-0.1, -0.05) is 23.7 Å². The number of methoxy groups -OCH3 is 1. The highest BCUT2D eigenvalue weighted by molar-refractivity contribution is 6.31. The summed E-state index contributed by atoms with van der Waals surface area (Å²) >= 11 is 5.90. The van der Waals surface area contributed by atoms with Crippen LogP contribution in [-0.2, 0) is 11.2 Å². The number of nitrogens with one attached hydrogen (secondary N) is 2. The minimum atomic E-state index is -4.45. The third kappa shape index (κ3) is 6.49. The zero-order valence-electron chi connectivity index (χ0n) is 14.2. The van der Waals surface area contributed by atoms with Gasteiger partial charge >= 0.3 is 6.18 Å². The van der Waals surface area contributed by atoms with Crippen LogP contribution in [0.25, 0.3) is 0 Å². The first-order valence-electron chi connectivity index (χ1n) is 7.75. The Hall–Kier alpha value is -2.74. The number of ether oxygens (including phenoxy) is 1.